The minimum Gasteiger partial charge on any atom is -0.381 e. The fourth-order valence-corrected chi connectivity index (χ4v) is 2.61. The van der Waals surface area contributed by atoms with Crippen LogP contribution in [-0.2, 0) is 16.6 Å². The Morgan fingerprint density at radius 2 is 2.21 bits per heavy atom. The van der Waals surface area contributed by atoms with Gasteiger partial charge in [0.25, 0.3) is 10.0 Å². The zero-order valence-electron chi connectivity index (χ0n) is 10.0. The molecule has 0 spiro atoms. The third-order valence-corrected chi connectivity index (χ3v) is 3.93. The number of hydrogen-bond acceptors (Lipinski definition) is 5. The Bertz CT molecular complexity index is 680. The predicted octanol–water partition coefficient (Wildman–Crippen LogP) is 1.33. The smallest absolute Gasteiger partial charge is 0.268 e. The van der Waals surface area contributed by atoms with Gasteiger partial charge in [-0.25, -0.2) is 13.4 Å². The predicted molar refractivity (Wildman–Crippen MR) is 72.4 cm³/mol. The Kier molecular flexibility index (Phi) is 3.63. The van der Waals surface area contributed by atoms with E-state index in [1.54, 1.807) is 0 Å². The molecule has 0 fully saturated rings. The van der Waals surface area contributed by atoms with Gasteiger partial charge in [0.1, 0.15) is 10.7 Å². The van der Waals surface area contributed by atoms with Gasteiger partial charge in [0.2, 0.25) is 0 Å². The van der Waals surface area contributed by atoms with Crippen molar-refractivity contribution in [3.05, 3.63) is 29.5 Å². The van der Waals surface area contributed by atoms with Crippen molar-refractivity contribution in [1.82, 2.24) is 14.8 Å². The van der Waals surface area contributed by atoms with Gasteiger partial charge in [0, 0.05) is 18.9 Å². The lowest BCUT2D eigenvalue weighted by Gasteiger charge is -2.05. The molecule has 3 N–H and O–H groups in total. The normalized spacial score (nSPS) is 11.5. The maximum absolute atomic E-state index is 12.1. The van der Waals surface area contributed by atoms with Crippen LogP contribution in [0.1, 0.15) is 6.92 Å². The first-order valence-electron chi connectivity index (χ1n) is 5.39. The van der Waals surface area contributed by atoms with E-state index in [1.807, 2.05) is 6.92 Å². The molecule has 2 rings (SSSR count). The maximum atomic E-state index is 12.1. The first kappa shape index (κ1) is 13.6. The molecule has 0 unspecified atom stereocenters. The number of anilines is 2. The fourth-order valence-electron chi connectivity index (χ4n) is 1.42. The summed E-state index contributed by atoms with van der Waals surface area (Å²) in [5, 5.41) is 4.30. The Morgan fingerprint density at radius 3 is 2.74 bits per heavy atom. The fraction of sp³-hybridized carbons (Fsp3) is 0.200. The summed E-state index contributed by atoms with van der Waals surface area (Å²) in [6.07, 6.45) is 2.71. The van der Waals surface area contributed by atoms with Gasteiger partial charge in [0.05, 0.1) is 5.02 Å². The lowest BCUT2D eigenvalue weighted by molar-refractivity contribution is 0.600. The van der Waals surface area contributed by atoms with Crippen LogP contribution < -0.4 is 10.5 Å². The molecule has 0 amide bonds. The number of nitrogens with one attached hydrogen (secondary N) is 1. The van der Waals surface area contributed by atoms with E-state index in [0.29, 0.717) is 11.6 Å². The van der Waals surface area contributed by atoms with Crippen molar-refractivity contribution < 1.29 is 8.42 Å². The largest absolute Gasteiger partial charge is 0.381 e. The number of rotatable bonds is 4. The van der Waals surface area contributed by atoms with Gasteiger partial charge in [-0.05, 0) is 19.1 Å². The van der Waals surface area contributed by atoms with Crippen LogP contribution in [0, 0.1) is 0 Å². The van der Waals surface area contributed by atoms with E-state index in [2.05, 4.69) is 14.8 Å². The lowest BCUT2D eigenvalue weighted by atomic mass is 10.5. The second-order valence-corrected chi connectivity index (χ2v) is 5.79. The molecule has 0 aliphatic heterocycles. The first-order valence-corrected chi connectivity index (χ1v) is 7.26. The average molecular weight is 302 g/mol. The molecule has 0 aliphatic carbocycles. The van der Waals surface area contributed by atoms with Crippen molar-refractivity contribution in [3.8, 4) is 0 Å². The molecule has 2 heterocycles. The maximum Gasteiger partial charge on any atom is 0.268 e. The molecule has 0 saturated carbocycles. The second-order valence-electron chi connectivity index (χ2n) is 3.70. The number of aryl methyl sites for hydroxylation is 1. The summed E-state index contributed by atoms with van der Waals surface area (Å²) in [5.41, 5.74) is 5.59. The minimum absolute atomic E-state index is 0.0525. The van der Waals surface area contributed by atoms with Crippen LogP contribution in [-0.4, -0.2) is 23.2 Å². The summed E-state index contributed by atoms with van der Waals surface area (Å²) in [5.74, 6) is 0.108. The second kappa shape index (κ2) is 5.06. The molecule has 2 aromatic rings. The van der Waals surface area contributed by atoms with Gasteiger partial charge in [0.15, 0.2) is 5.82 Å². The van der Waals surface area contributed by atoms with Crippen molar-refractivity contribution in [1.29, 1.82) is 0 Å². The SMILES string of the molecule is CCn1cc(S(=O)(=O)Nc2ccc(Cl)cn2)c(N)n1. The Morgan fingerprint density at radius 1 is 1.47 bits per heavy atom. The highest BCUT2D eigenvalue weighted by Gasteiger charge is 2.21. The number of pyridine rings is 1. The van der Waals surface area contributed by atoms with E-state index in [1.165, 1.54) is 29.2 Å². The van der Waals surface area contributed by atoms with Crippen LogP contribution in [0.25, 0.3) is 0 Å². The van der Waals surface area contributed by atoms with Gasteiger partial charge in [-0.2, -0.15) is 5.10 Å². The van der Waals surface area contributed by atoms with Gasteiger partial charge < -0.3 is 5.73 Å². The molecule has 19 heavy (non-hydrogen) atoms. The van der Waals surface area contributed by atoms with E-state index in [-0.39, 0.29) is 16.5 Å². The average Bonchev–Trinajstić information content (AvgIpc) is 2.74. The third-order valence-electron chi connectivity index (χ3n) is 2.33. The molecule has 2 aromatic heterocycles. The van der Waals surface area contributed by atoms with Crippen LogP contribution in [0.5, 0.6) is 0 Å². The highest BCUT2D eigenvalue weighted by Crippen LogP contribution is 2.20. The Balaban J connectivity index is 2.31. The van der Waals surface area contributed by atoms with Gasteiger partial charge in [-0.1, -0.05) is 11.6 Å². The summed E-state index contributed by atoms with van der Waals surface area (Å²) in [6, 6.07) is 2.99. The number of sulfonamides is 1. The standard InChI is InChI=1S/C10H12ClN5O2S/c1-2-16-6-8(10(12)14-16)19(17,18)15-9-4-3-7(11)5-13-9/h3-6H,2H2,1H3,(H2,12,14)(H,13,15). The molecule has 0 aromatic carbocycles. The molecule has 0 radical (unpaired) electrons. The summed E-state index contributed by atoms with van der Waals surface area (Å²) in [7, 11) is -3.81. The van der Waals surface area contributed by atoms with E-state index in [9.17, 15) is 8.42 Å². The summed E-state index contributed by atoms with van der Waals surface area (Å²) < 4.78 is 28.0. The topological polar surface area (TPSA) is 103 Å². The van der Waals surface area contributed by atoms with Crippen LogP contribution in [0.3, 0.4) is 0 Å². The monoisotopic (exact) mass is 301 g/mol. The van der Waals surface area contributed by atoms with E-state index >= 15 is 0 Å². The van der Waals surface area contributed by atoms with Crippen molar-refractivity contribution in [2.45, 2.75) is 18.4 Å². The van der Waals surface area contributed by atoms with Crippen LogP contribution in [0.4, 0.5) is 11.6 Å². The zero-order chi connectivity index (χ0) is 14.0. The summed E-state index contributed by atoms with van der Waals surface area (Å²) in [4.78, 5) is 3.78. The highest BCUT2D eigenvalue weighted by atomic mass is 35.5. The number of nitrogens with two attached hydrogens (primary N) is 1. The number of halogens is 1. The number of nitrogen functional groups attached to an aromatic ring is 1. The molecule has 7 nitrogen and oxygen atoms in total. The van der Waals surface area contributed by atoms with Gasteiger partial charge in [-0.3, -0.25) is 9.40 Å². The van der Waals surface area contributed by atoms with E-state index in [0.717, 1.165) is 0 Å². The Labute approximate surface area is 115 Å². The van der Waals surface area contributed by atoms with Crippen LogP contribution in [0.15, 0.2) is 29.4 Å². The number of nitrogens with zero attached hydrogens (tertiary/aromatic N) is 3. The van der Waals surface area contributed by atoms with Crippen molar-refractivity contribution in [2.75, 3.05) is 10.5 Å². The molecule has 102 valence electrons. The van der Waals surface area contributed by atoms with E-state index < -0.39 is 10.0 Å². The van der Waals surface area contributed by atoms with Crippen LogP contribution in [0.2, 0.25) is 5.02 Å². The van der Waals surface area contributed by atoms with Crippen molar-refractivity contribution >= 4 is 33.3 Å². The van der Waals surface area contributed by atoms with Crippen LogP contribution >= 0.6 is 11.6 Å². The molecule has 0 aliphatic rings. The molecule has 0 bridgehead atoms. The summed E-state index contributed by atoms with van der Waals surface area (Å²) in [6.45, 7) is 2.36. The summed E-state index contributed by atoms with van der Waals surface area (Å²) >= 11 is 5.67. The third kappa shape index (κ3) is 2.96. The molecule has 0 saturated heterocycles. The van der Waals surface area contributed by atoms with Crippen molar-refractivity contribution in [2.24, 2.45) is 0 Å². The number of hydrogen-bond donors (Lipinski definition) is 2. The van der Waals surface area contributed by atoms with E-state index in [4.69, 9.17) is 17.3 Å². The highest BCUT2D eigenvalue weighted by molar-refractivity contribution is 7.92. The minimum atomic E-state index is -3.81. The molecule has 0 atom stereocenters. The first-order chi connectivity index (χ1) is 8.92. The quantitative estimate of drug-likeness (QED) is 0.887. The Hall–Kier alpha value is -1.80. The van der Waals surface area contributed by atoms with Gasteiger partial charge in [-0.15, -0.1) is 0 Å². The number of aromatic nitrogens is 3. The lowest BCUT2D eigenvalue weighted by Crippen LogP contribution is -2.14. The molecular formula is C10H12ClN5O2S. The van der Waals surface area contributed by atoms with Gasteiger partial charge >= 0.3 is 0 Å². The molecular weight excluding hydrogens is 290 g/mol. The van der Waals surface area contributed by atoms with Crippen molar-refractivity contribution in [3.63, 3.8) is 0 Å². The zero-order valence-corrected chi connectivity index (χ0v) is 11.6. The molecule has 9 heteroatoms.